The van der Waals surface area contributed by atoms with Crippen LogP contribution < -0.4 is 5.32 Å². The molecular weight excluding hydrogens is 232 g/mol. The zero-order valence-corrected chi connectivity index (χ0v) is 13.8. The van der Waals surface area contributed by atoms with Crippen LogP contribution in [0.1, 0.15) is 66.7 Å². The van der Waals surface area contributed by atoms with Gasteiger partial charge in [0.2, 0.25) is 0 Å². The van der Waals surface area contributed by atoms with Crippen molar-refractivity contribution in [1.82, 2.24) is 10.2 Å². The Labute approximate surface area is 120 Å². The number of hydrogen-bond acceptors (Lipinski definition) is 2. The second kappa shape index (κ2) is 5.73. The van der Waals surface area contributed by atoms with Gasteiger partial charge in [0.15, 0.2) is 0 Å². The summed E-state index contributed by atoms with van der Waals surface area (Å²) in [6.45, 7) is 15.7. The van der Waals surface area contributed by atoms with Gasteiger partial charge in [-0.2, -0.15) is 0 Å². The summed E-state index contributed by atoms with van der Waals surface area (Å²) in [6, 6.07) is 1.39. The van der Waals surface area contributed by atoms with E-state index in [2.05, 4.69) is 44.8 Å². The zero-order valence-electron chi connectivity index (χ0n) is 13.8. The molecule has 2 atom stereocenters. The molecule has 1 aliphatic carbocycles. The Bertz CT molecular complexity index is 286. The number of nitrogens with one attached hydrogen (secondary N) is 1. The van der Waals surface area contributed by atoms with Gasteiger partial charge in [-0.1, -0.05) is 47.5 Å². The Hall–Kier alpha value is -0.0800. The van der Waals surface area contributed by atoms with Gasteiger partial charge in [0.1, 0.15) is 0 Å². The van der Waals surface area contributed by atoms with E-state index < -0.39 is 0 Å². The third kappa shape index (κ3) is 3.72. The number of rotatable bonds is 3. The first-order valence-electron chi connectivity index (χ1n) is 8.31. The Morgan fingerprint density at radius 3 is 2.37 bits per heavy atom. The number of piperazine rings is 1. The van der Waals surface area contributed by atoms with Crippen molar-refractivity contribution in [3.8, 4) is 0 Å². The quantitative estimate of drug-likeness (QED) is 0.838. The van der Waals surface area contributed by atoms with Crippen LogP contribution in [-0.2, 0) is 0 Å². The maximum Gasteiger partial charge on any atom is 0.0244 e. The maximum absolute atomic E-state index is 3.79. The summed E-state index contributed by atoms with van der Waals surface area (Å²) in [5.41, 5.74) is 0.959. The summed E-state index contributed by atoms with van der Waals surface area (Å²) in [4.78, 5) is 2.80. The van der Waals surface area contributed by atoms with Gasteiger partial charge in [-0.25, -0.2) is 0 Å². The summed E-state index contributed by atoms with van der Waals surface area (Å²) in [7, 11) is 0. The van der Waals surface area contributed by atoms with Crippen molar-refractivity contribution >= 4 is 0 Å². The standard InChI is InChI=1S/C17H34N2/c1-6-14-11-18-15(16(2,3)4)12-19(14)13-17(5)9-7-8-10-17/h14-15,18H,6-13H2,1-5H3. The minimum Gasteiger partial charge on any atom is -0.311 e. The van der Waals surface area contributed by atoms with Crippen LogP contribution >= 0.6 is 0 Å². The van der Waals surface area contributed by atoms with Crippen molar-refractivity contribution in [3.63, 3.8) is 0 Å². The molecular formula is C17H34N2. The van der Waals surface area contributed by atoms with E-state index in [4.69, 9.17) is 0 Å². The molecule has 1 aliphatic heterocycles. The van der Waals surface area contributed by atoms with Crippen LogP contribution in [0.3, 0.4) is 0 Å². The second-order valence-electron chi connectivity index (χ2n) is 8.34. The highest BCUT2D eigenvalue weighted by molar-refractivity contribution is 4.94. The lowest BCUT2D eigenvalue weighted by Crippen LogP contribution is -2.61. The van der Waals surface area contributed by atoms with E-state index in [1.165, 1.54) is 51.7 Å². The molecule has 0 bridgehead atoms. The molecule has 2 unspecified atom stereocenters. The van der Waals surface area contributed by atoms with Crippen molar-refractivity contribution < 1.29 is 0 Å². The summed E-state index contributed by atoms with van der Waals surface area (Å²) in [5.74, 6) is 0. The lowest BCUT2D eigenvalue weighted by Gasteiger charge is -2.47. The fourth-order valence-electron chi connectivity index (χ4n) is 3.91. The van der Waals surface area contributed by atoms with E-state index >= 15 is 0 Å². The average Bonchev–Trinajstić information content (AvgIpc) is 2.74. The van der Waals surface area contributed by atoms with E-state index in [-0.39, 0.29) is 0 Å². The molecule has 1 saturated carbocycles. The summed E-state index contributed by atoms with van der Waals surface area (Å²) >= 11 is 0. The van der Waals surface area contributed by atoms with Crippen molar-refractivity contribution in [2.24, 2.45) is 10.8 Å². The molecule has 19 heavy (non-hydrogen) atoms. The molecule has 112 valence electrons. The Morgan fingerprint density at radius 1 is 1.21 bits per heavy atom. The molecule has 2 aliphatic rings. The first kappa shape index (κ1) is 15.3. The minimum absolute atomic E-state index is 0.369. The van der Waals surface area contributed by atoms with Gasteiger partial charge in [0.25, 0.3) is 0 Å². The molecule has 0 radical (unpaired) electrons. The molecule has 2 heteroatoms. The molecule has 2 rings (SSSR count). The average molecular weight is 266 g/mol. The monoisotopic (exact) mass is 266 g/mol. The van der Waals surface area contributed by atoms with Crippen molar-refractivity contribution in [1.29, 1.82) is 0 Å². The highest BCUT2D eigenvalue weighted by Crippen LogP contribution is 2.39. The Balaban J connectivity index is 2.01. The van der Waals surface area contributed by atoms with Crippen LogP contribution in [0.25, 0.3) is 0 Å². The van der Waals surface area contributed by atoms with Crippen LogP contribution in [0, 0.1) is 10.8 Å². The first-order valence-corrected chi connectivity index (χ1v) is 8.31. The molecule has 0 aromatic heterocycles. The van der Waals surface area contributed by atoms with Crippen molar-refractivity contribution in [3.05, 3.63) is 0 Å². The van der Waals surface area contributed by atoms with Crippen LogP contribution in [-0.4, -0.2) is 36.6 Å². The molecule has 0 spiro atoms. The van der Waals surface area contributed by atoms with Gasteiger partial charge in [-0.05, 0) is 30.1 Å². The first-order chi connectivity index (χ1) is 8.84. The molecule has 1 heterocycles. The van der Waals surface area contributed by atoms with Crippen molar-refractivity contribution in [2.75, 3.05) is 19.6 Å². The van der Waals surface area contributed by atoms with E-state index in [0.717, 1.165) is 6.04 Å². The lowest BCUT2D eigenvalue weighted by molar-refractivity contribution is 0.0492. The topological polar surface area (TPSA) is 15.3 Å². The molecule has 2 fully saturated rings. The molecule has 1 N–H and O–H groups in total. The normalized spacial score (nSPS) is 32.7. The van der Waals surface area contributed by atoms with Gasteiger partial charge in [0, 0.05) is 31.7 Å². The molecule has 0 aromatic carbocycles. The van der Waals surface area contributed by atoms with E-state index in [1.54, 1.807) is 0 Å². The second-order valence-corrected chi connectivity index (χ2v) is 8.34. The highest BCUT2D eigenvalue weighted by atomic mass is 15.2. The van der Waals surface area contributed by atoms with Gasteiger partial charge < -0.3 is 5.32 Å². The predicted octanol–water partition coefficient (Wildman–Crippen LogP) is 3.67. The summed E-state index contributed by atoms with van der Waals surface area (Å²) in [5, 5.41) is 3.79. The SMILES string of the molecule is CCC1CNC(C(C)(C)C)CN1CC1(C)CCCC1. The van der Waals surface area contributed by atoms with Crippen LogP contribution in [0.4, 0.5) is 0 Å². The van der Waals surface area contributed by atoms with E-state index in [1.807, 2.05) is 0 Å². The van der Waals surface area contributed by atoms with Gasteiger partial charge in [-0.3, -0.25) is 4.90 Å². The van der Waals surface area contributed by atoms with Crippen LogP contribution in [0.2, 0.25) is 0 Å². The maximum atomic E-state index is 3.79. The smallest absolute Gasteiger partial charge is 0.0244 e. The highest BCUT2D eigenvalue weighted by Gasteiger charge is 2.37. The predicted molar refractivity (Wildman–Crippen MR) is 83.5 cm³/mol. The Kier molecular flexibility index (Phi) is 4.62. The van der Waals surface area contributed by atoms with Gasteiger partial charge >= 0.3 is 0 Å². The fraction of sp³-hybridized carbons (Fsp3) is 1.00. The Morgan fingerprint density at radius 2 is 1.84 bits per heavy atom. The third-order valence-electron chi connectivity index (χ3n) is 5.45. The summed E-state index contributed by atoms with van der Waals surface area (Å²) in [6.07, 6.45) is 7.05. The van der Waals surface area contributed by atoms with Gasteiger partial charge in [-0.15, -0.1) is 0 Å². The summed E-state index contributed by atoms with van der Waals surface area (Å²) < 4.78 is 0. The minimum atomic E-state index is 0.369. The number of hydrogen-bond donors (Lipinski definition) is 1. The van der Waals surface area contributed by atoms with E-state index in [9.17, 15) is 0 Å². The number of nitrogens with zero attached hydrogens (tertiary/aromatic N) is 1. The molecule has 0 amide bonds. The van der Waals surface area contributed by atoms with Gasteiger partial charge in [0.05, 0.1) is 0 Å². The third-order valence-corrected chi connectivity index (χ3v) is 5.45. The zero-order chi connectivity index (χ0) is 14.1. The van der Waals surface area contributed by atoms with E-state index in [0.29, 0.717) is 16.9 Å². The van der Waals surface area contributed by atoms with Crippen LogP contribution in [0.5, 0.6) is 0 Å². The molecule has 0 aromatic rings. The van der Waals surface area contributed by atoms with Crippen molar-refractivity contribution in [2.45, 2.75) is 78.8 Å². The largest absolute Gasteiger partial charge is 0.311 e. The molecule has 2 nitrogen and oxygen atoms in total. The fourth-order valence-corrected chi connectivity index (χ4v) is 3.91. The molecule has 1 saturated heterocycles. The lowest BCUT2D eigenvalue weighted by atomic mass is 9.82. The van der Waals surface area contributed by atoms with Crippen LogP contribution in [0.15, 0.2) is 0 Å².